The van der Waals surface area contributed by atoms with Crippen molar-refractivity contribution in [2.24, 2.45) is 5.18 Å². The highest BCUT2D eigenvalue weighted by molar-refractivity contribution is 6.06. The van der Waals surface area contributed by atoms with Crippen LogP contribution in [-0.4, -0.2) is 29.8 Å². The van der Waals surface area contributed by atoms with Gasteiger partial charge in [-0.3, -0.25) is 9.59 Å². The van der Waals surface area contributed by atoms with Gasteiger partial charge in [-0.2, -0.15) is 0 Å². The fourth-order valence-electron chi connectivity index (χ4n) is 2.92. The van der Waals surface area contributed by atoms with E-state index in [4.69, 9.17) is 0 Å². The van der Waals surface area contributed by atoms with Crippen molar-refractivity contribution in [3.8, 4) is 0 Å². The van der Waals surface area contributed by atoms with Crippen LogP contribution in [0.25, 0.3) is 0 Å². The van der Waals surface area contributed by atoms with E-state index in [-0.39, 0.29) is 17.5 Å². The standard InChI is InChI=1S/C19H19N3O3/c23-18(20-16-8-5-9-17(13-16)21-25)14-6-4-7-15(12-14)19(24)22-10-2-1-3-11-22/h4-9,12-13H,1-3,10-11H2,(H,20,23). The average molecular weight is 337 g/mol. The van der Waals surface area contributed by atoms with Crippen molar-refractivity contribution in [1.82, 2.24) is 4.90 Å². The third kappa shape index (κ3) is 4.09. The molecule has 2 aromatic rings. The zero-order valence-corrected chi connectivity index (χ0v) is 13.8. The van der Waals surface area contributed by atoms with Gasteiger partial charge >= 0.3 is 0 Å². The lowest BCUT2D eigenvalue weighted by molar-refractivity contribution is 0.0724. The zero-order valence-electron chi connectivity index (χ0n) is 13.8. The van der Waals surface area contributed by atoms with Gasteiger partial charge in [-0.25, -0.2) is 0 Å². The van der Waals surface area contributed by atoms with Gasteiger partial charge in [0.25, 0.3) is 11.8 Å². The van der Waals surface area contributed by atoms with Crippen molar-refractivity contribution in [1.29, 1.82) is 0 Å². The Balaban J connectivity index is 1.74. The normalized spacial score (nSPS) is 14.0. The number of hydrogen-bond donors (Lipinski definition) is 1. The molecule has 0 atom stereocenters. The smallest absolute Gasteiger partial charge is 0.255 e. The third-order valence-electron chi connectivity index (χ3n) is 4.22. The van der Waals surface area contributed by atoms with Gasteiger partial charge in [0, 0.05) is 29.9 Å². The molecule has 2 amide bonds. The predicted octanol–water partition coefficient (Wildman–Crippen LogP) is 3.96. The van der Waals surface area contributed by atoms with E-state index in [9.17, 15) is 14.5 Å². The van der Waals surface area contributed by atoms with E-state index in [1.54, 1.807) is 42.5 Å². The van der Waals surface area contributed by atoms with E-state index in [2.05, 4.69) is 10.5 Å². The molecule has 1 heterocycles. The van der Waals surface area contributed by atoms with E-state index in [0.29, 0.717) is 16.8 Å². The number of rotatable bonds is 4. The minimum absolute atomic E-state index is 0.0403. The number of nitroso groups, excluding NO2 is 1. The van der Waals surface area contributed by atoms with Crippen LogP contribution in [0.1, 0.15) is 40.0 Å². The molecule has 6 heteroatoms. The van der Waals surface area contributed by atoms with Gasteiger partial charge in [0.15, 0.2) is 0 Å². The molecule has 1 saturated heterocycles. The highest BCUT2D eigenvalue weighted by atomic mass is 16.3. The number of anilines is 1. The lowest BCUT2D eigenvalue weighted by Gasteiger charge is -2.26. The Morgan fingerprint density at radius 1 is 0.920 bits per heavy atom. The molecule has 25 heavy (non-hydrogen) atoms. The molecule has 0 saturated carbocycles. The van der Waals surface area contributed by atoms with Gasteiger partial charge in [-0.05, 0) is 60.8 Å². The number of piperidine rings is 1. The first-order valence-electron chi connectivity index (χ1n) is 8.31. The molecule has 0 radical (unpaired) electrons. The molecule has 0 aliphatic carbocycles. The number of amides is 2. The Morgan fingerprint density at radius 2 is 1.64 bits per heavy atom. The highest BCUT2D eigenvalue weighted by Gasteiger charge is 2.19. The molecule has 6 nitrogen and oxygen atoms in total. The van der Waals surface area contributed by atoms with Crippen molar-refractivity contribution in [2.45, 2.75) is 19.3 Å². The van der Waals surface area contributed by atoms with E-state index in [0.717, 1.165) is 32.4 Å². The minimum Gasteiger partial charge on any atom is -0.339 e. The number of carbonyl (C=O) groups excluding carboxylic acids is 2. The highest BCUT2D eigenvalue weighted by Crippen LogP contribution is 2.19. The lowest BCUT2D eigenvalue weighted by Crippen LogP contribution is -2.35. The maximum absolute atomic E-state index is 12.6. The monoisotopic (exact) mass is 337 g/mol. The molecule has 1 fully saturated rings. The van der Waals surface area contributed by atoms with Crippen LogP contribution < -0.4 is 5.32 Å². The predicted molar refractivity (Wildman–Crippen MR) is 96.0 cm³/mol. The minimum atomic E-state index is -0.337. The number of nitrogens with zero attached hydrogens (tertiary/aromatic N) is 2. The van der Waals surface area contributed by atoms with Crippen molar-refractivity contribution >= 4 is 23.2 Å². The van der Waals surface area contributed by atoms with Crippen LogP contribution in [0.2, 0.25) is 0 Å². The molecule has 2 aromatic carbocycles. The number of likely N-dealkylation sites (tertiary alicyclic amines) is 1. The Bertz CT molecular complexity index is 798. The Hall–Kier alpha value is -3.02. The van der Waals surface area contributed by atoms with Gasteiger partial charge in [0.05, 0.1) is 0 Å². The summed E-state index contributed by atoms with van der Waals surface area (Å²) in [5, 5.41) is 5.56. The van der Waals surface area contributed by atoms with E-state index >= 15 is 0 Å². The van der Waals surface area contributed by atoms with Gasteiger partial charge in [-0.1, -0.05) is 12.1 Å². The second-order valence-electron chi connectivity index (χ2n) is 6.03. The molecule has 3 rings (SSSR count). The quantitative estimate of drug-likeness (QED) is 0.858. The number of nitrogens with one attached hydrogen (secondary N) is 1. The lowest BCUT2D eigenvalue weighted by atomic mass is 10.1. The Morgan fingerprint density at radius 3 is 2.40 bits per heavy atom. The first kappa shape index (κ1) is 16.8. The molecule has 128 valence electrons. The molecule has 0 aromatic heterocycles. The van der Waals surface area contributed by atoms with Crippen molar-refractivity contribution in [3.05, 3.63) is 64.6 Å². The summed E-state index contributed by atoms with van der Waals surface area (Å²) in [6.45, 7) is 1.53. The zero-order chi connectivity index (χ0) is 17.6. The molecule has 0 spiro atoms. The van der Waals surface area contributed by atoms with Crippen LogP contribution in [0.3, 0.4) is 0 Å². The van der Waals surface area contributed by atoms with Crippen LogP contribution in [-0.2, 0) is 0 Å². The molecule has 1 aliphatic rings. The SMILES string of the molecule is O=Nc1cccc(NC(=O)c2cccc(C(=O)N3CCCCC3)c2)c1. The van der Waals surface area contributed by atoms with Crippen LogP contribution >= 0.6 is 0 Å². The van der Waals surface area contributed by atoms with Gasteiger partial charge < -0.3 is 10.2 Å². The summed E-state index contributed by atoms with van der Waals surface area (Å²) in [6, 6.07) is 13.1. The Labute approximate surface area is 145 Å². The fraction of sp³-hybridized carbons (Fsp3) is 0.263. The van der Waals surface area contributed by atoms with Gasteiger partial charge in [-0.15, -0.1) is 4.91 Å². The largest absolute Gasteiger partial charge is 0.339 e. The number of benzene rings is 2. The van der Waals surface area contributed by atoms with Crippen LogP contribution in [0.15, 0.2) is 53.7 Å². The van der Waals surface area contributed by atoms with Gasteiger partial charge in [0.1, 0.15) is 5.69 Å². The van der Waals surface area contributed by atoms with Crippen LogP contribution in [0, 0.1) is 4.91 Å². The summed E-state index contributed by atoms with van der Waals surface area (Å²) in [6.07, 6.45) is 3.20. The van der Waals surface area contributed by atoms with Crippen molar-refractivity contribution < 1.29 is 9.59 Å². The summed E-state index contributed by atoms with van der Waals surface area (Å²) in [7, 11) is 0. The van der Waals surface area contributed by atoms with Crippen molar-refractivity contribution in [2.75, 3.05) is 18.4 Å². The third-order valence-corrected chi connectivity index (χ3v) is 4.22. The first-order valence-corrected chi connectivity index (χ1v) is 8.31. The summed E-state index contributed by atoms with van der Waals surface area (Å²) in [4.78, 5) is 37.4. The van der Waals surface area contributed by atoms with E-state index < -0.39 is 0 Å². The molecular weight excluding hydrogens is 318 g/mol. The summed E-state index contributed by atoms with van der Waals surface area (Å²) >= 11 is 0. The van der Waals surface area contributed by atoms with E-state index in [1.807, 2.05) is 4.90 Å². The van der Waals surface area contributed by atoms with Crippen molar-refractivity contribution in [3.63, 3.8) is 0 Å². The van der Waals surface area contributed by atoms with Crippen LogP contribution in [0.5, 0.6) is 0 Å². The second kappa shape index (κ2) is 7.70. The molecule has 1 N–H and O–H groups in total. The molecule has 0 bridgehead atoms. The summed E-state index contributed by atoms with van der Waals surface area (Å²) in [5.41, 5.74) is 1.63. The van der Waals surface area contributed by atoms with E-state index in [1.165, 1.54) is 6.07 Å². The number of carbonyl (C=O) groups is 2. The fourth-order valence-corrected chi connectivity index (χ4v) is 2.92. The maximum Gasteiger partial charge on any atom is 0.255 e. The molecular formula is C19H19N3O3. The summed E-state index contributed by atoms with van der Waals surface area (Å²) < 4.78 is 0. The van der Waals surface area contributed by atoms with Gasteiger partial charge in [0.2, 0.25) is 0 Å². The Kier molecular flexibility index (Phi) is 5.18. The molecule has 0 unspecified atom stereocenters. The maximum atomic E-state index is 12.6. The number of hydrogen-bond acceptors (Lipinski definition) is 4. The summed E-state index contributed by atoms with van der Waals surface area (Å²) in [5.74, 6) is -0.377. The second-order valence-corrected chi connectivity index (χ2v) is 6.03. The first-order chi connectivity index (χ1) is 12.2. The average Bonchev–Trinajstić information content (AvgIpc) is 2.68. The molecule has 1 aliphatic heterocycles. The topological polar surface area (TPSA) is 78.8 Å². The van der Waals surface area contributed by atoms with Crippen LogP contribution in [0.4, 0.5) is 11.4 Å².